The van der Waals surface area contributed by atoms with Crippen molar-refractivity contribution in [3.8, 4) is 11.8 Å². The van der Waals surface area contributed by atoms with Crippen LogP contribution in [0, 0.1) is 17.8 Å². The van der Waals surface area contributed by atoms with Crippen LogP contribution in [0.1, 0.15) is 44.0 Å². The minimum atomic E-state index is -1.08. The Balaban J connectivity index is 2.14. The normalized spacial score (nSPS) is 18.0. The molecule has 0 bridgehead atoms. The summed E-state index contributed by atoms with van der Waals surface area (Å²) in [5.41, 5.74) is -1.08. The molecule has 0 spiro atoms. The standard InChI is InChI=1S/C17H21NO3/c1-12(2)14-6-5-11-18(14)16(19)15-8-7-13(21-15)9-10-17(3,4)20/h5-8,12,14,20H,11H2,1-4H3. The average Bonchev–Trinajstić information content (AvgIpc) is 3.04. The van der Waals surface area contributed by atoms with Gasteiger partial charge < -0.3 is 14.4 Å². The Labute approximate surface area is 125 Å². The first-order chi connectivity index (χ1) is 9.78. The van der Waals surface area contributed by atoms with Crippen LogP contribution in [0.5, 0.6) is 0 Å². The lowest BCUT2D eigenvalue weighted by atomic mass is 10.0. The maximum atomic E-state index is 12.5. The van der Waals surface area contributed by atoms with Gasteiger partial charge in [0.1, 0.15) is 5.60 Å². The van der Waals surface area contributed by atoms with Crippen LogP contribution >= 0.6 is 0 Å². The van der Waals surface area contributed by atoms with Crippen molar-refractivity contribution < 1.29 is 14.3 Å². The third kappa shape index (κ3) is 3.77. The molecule has 2 rings (SSSR count). The van der Waals surface area contributed by atoms with Crippen LogP contribution in [0.25, 0.3) is 0 Å². The largest absolute Gasteiger partial charge is 0.443 e. The molecule has 1 aromatic heterocycles. The number of hydrogen-bond donors (Lipinski definition) is 1. The monoisotopic (exact) mass is 287 g/mol. The zero-order valence-corrected chi connectivity index (χ0v) is 12.9. The second-order valence-corrected chi connectivity index (χ2v) is 6.09. The highest BCUT2D eigenvalue weighted by molar-refractivity contribution is 5.92. The summed E-state index contributed by atoms with van der Waals surface area (Å²) in [4.78, 5) is 14.3. The van der Waals surface area contributed by atoms with Gasteiger partial charge in [-0.2, -0.15) is 0 Å². The summed E-state index contributed by atoms with van der Waals surface area (Å²) in [6.07, 6.45) is 4.06. The van der Waals surface area contributed by atoms with Crippen molar-refractivity contribution in [2.24, 2.45) is 5.92 Å². The number of nitrogens with zero attached hydrogens (tertiary/aromatic N) is 1. The van der Waals surface area contributed by atoms with Gasteiger partial charge in [0.05, 0.1) is 6.04 Å². The van der Waals surface area contributed by atoms with Gasteiger partial charge in [0.2, 0.25) is 0 Å². The highest BCUT2D eigenvalue weighted by atomic mass is 16.4. The first-order valence-corrected chi connectivity index (χ1v) is 7.11. The molecule has 1 aromatic rings. The Bertz CT molecular complexity index is 608. The Morgan fingerprint density at radius 3 is 2.81 bits per heavy atom. The lowest BCUT2D eigenvalue weighted by molar-refractivity contribution is 0.0687. The summed E-state index contributed by atoms with van der Waals surface area (Å²) in [5, 5.41) is 9.56. The molecule has 1 atom stereocenters. The van der Waals surface area contributed by atoms with E-state index in [0.717, 1.165) is 0 Å². The predicted molar refractivity (Wildman–Crippen MR) is 80.7 cm³/mol. The molecule has 21 heavy (non-hydrogen) atoms. The van der Waals surface area contributed by atoms with Crippen LogP contribution in [0.15, 0.2) is 28.7 Å². The third-order valence-electron chi connectivity index (χ3n) is 3.25. The molecule has 1 N–H and O–H groups in total. The van der Waals surface area contributed by atoms with E-state index in [9.17, 15) is 9.90 Å². The summed E-state index contributed by atoms with van der Waals surface area (Å²) < 4.78 is 5.48. The van der Waals surface area contributed by atoms with E-state index in [-0.39, 0.29) is 17.7 Å². The lowest BCUT2D eigenvalue weighted by Crippen LogP contribution is -2.38. The summed E-state index contributed by atoms with van der Waals surface area (Å²) in [6, 6.07) is 3.39. The van der Waals surface area contributed by atoms with Gasteiger partial charge in [-0.3, -0.25) is 4.79 Å². The van der Waals surface area contributed by atoms with Gasteiger partial charge in [-0.15, -0.1) is 0 Å². The number of carbonyl (C=O) groups excluding carboxylic acids is 1. The maximum Gasteiger partial charge on any atom is 0.290 e. The second-order valence-electron chi connectivity index (χ2n) is 6.09. The second kappa shape index (κ2) is 5.79. The number of furan rings is 1. The van der Waals surface area contributed by atoms with E-state index in [1.807, 2.05) is 6.08 Å². The molecule has 1 unspecified atom stereocenters. The van der Waals surface area contributed by atoms with Crippen LogP contribution in [-0.2, 0) is 0 Å². The van der Waals surface area contributed by atoms with Crippen molar-refractivity contribution in [3.05, 3.63) is 35.8 Å². The Morgan fingerprint density at radius 1 is 1.48 bits per heavy atom. The number of aliphatic hydroxyl groups is 1. The summed E-state index contributed by atoms with van der Waals surface area (Å²) in [6.45, 7) is 7.97. The molecule has 2 heterocycles. The number of carbonyl (C=O) groups is 1. The molecular weight excluding hydrogens is 266 g/mol. The quantitative estimate of drug-likeness (QED) is 0.671. The average molecular weight is 287 g/mol. The van der Waals surface area contributed by atoms with E-state index in [4.69, 9.17) is 4.42 Å². The minimum absolute atomic E-state index is 0.105. The molecule has 4 nitrogen and oxygen atoms in total. The number of hydrogen-bond acceptors (Lipinski definition) is 3. The van der Waals surface area contributed by atoms with E-state index in [1.54, 1.807) is 30.9 Å². The Morgan fingerprint density at radius 2 is 2.19 bits per heavy atom. The fourth-order valence-electron chi connectivity index (χ4n) is 2.22. The first-order valence-electron chi connectivity index (χ1n) is 7.11. The fourth-order valence-corrected chi connectivity index (χ4v) is 2.22. The summed E-state index contributed by atoms with van der Waals surface area (Å²) in [7, 11) is 0. The molecule has 112 valence electrons. The molecule has 0 fully saturated rings. The molecule has 0 radical (unpaired) electrons. The van der Waals surface area contributed by atoms with Gasteiger partial charge in [0, 0.05) is 6.54 Å². The molecule has 0 aromatic carbocycles. The number of amides is 1. The van der Waals surface area contributed by atoms with Crippen molar-refractivity contribution in [2.45, 2.75) is 39.3 Å². The van der Waals surface area contributed by atoms with Gasteiger partial charge in [-0.25, -0.2) is 0 Å². The maximum absolute atomic E-state index is 12.5. The molecule has 1 amide bonds. The Kier molecular flexibility index (Phi) is 4.24. The van der Waals surface area contributed by atoms with Crippen molar-refractivity contribution in [1.82, 2.24) is 4.90 Å². The highest BCUT2D eigenvalue weighted by Gasteiger charge is 2.29. The highest BCUT2D eigenvalue weighted by Crippen LogP contribution is 2.21. The van der Waals surface area contributed by atoms with Gasteiger partial charge in [-0.05, 0) is 37.8 Å². The van der Waals surface area contributed by atoms with E-state index < -0.39 is 5.60 Å². The smallest absolute Gasteiger partial charge is 0.290 e. The first kappa shape index (κ1) is 15.4. The fraction of sp³-hybridized carbons (Fsp3) is 0.471. The van der Waals surface area contributed by atoms with E-state index in [0.29, 0.717) is 18.2 Å². The van der Waals surface area contributed by atoms with E-state index in [2.05, 4.69) is 31.8 Å². The lowest BCUT2D eigenvalue weighted by Gasteiger charge is -2.26. The van der Waals surface area contributed by atoms with Crippen LogP contribution in [0.3, 0.4) is 0 Å². The van der Waals surface area contributed by atoms with Crippen LogP contribution in [0.4, 0.5) is 0 Å². The van der Waals surface area contributed by atoms with Crippen molar-refractivity contribution in [3.63, 3.8) is 0 Å². The Hall–Kier alpha value is -1.99. The van der Waals surface area contributed by atoms with Gasteiger partial charge >= 0.3 is 0 Å². The van der Waals surface area contributed by atoms with Crippen LogP contribution < -0.4 is 0 Å². The third-order valence-corrected chi connectivity index (χ3v) is 3.25. The summed E-state index contributed by atoms with van der Waals surface area (Å²) in [5.74, 6) is 6.29. The predicted octanol–water partition coefficient (Wildman–Crippen LogP) is 2.44. The number of rotatable bonds is 2. The van der Waals surface area contributed by atoms with Crippen LogP contribution in [0.2, 0.25) is 0 Å². The van der Waals surface area contributed by atoms with E-state index >= 15 is 0 Å². The SMILES string of the molecule is CC(C)C1C=CCN1C(=O)c1ccc(C#CC(C)(C)O)o1. The molecule has 1 aliphatic rings. The zero-order chi connectivity index (χ0) is 15.6. The molecule has 0 aliphatic carbocycles. The molecule has 4 heteroatoms. The van der Waals surface area contributed by atoms with Crippen molar-refractivity contribution in [1.29, 1.82) is 0 Å². The van der Waals surface area contributed by atoms with Gasteiger partial charge in [0.15, 0.2) is 11.5 Å². The van der Waals surface area contributed by atoms with Crippen molar-refractivity contribution >= 4 is 5.91 Å². The van der Waals surface area contributed by atoms with E-state index in [1.165, 1.54) is 0 Å². The molecule has 1 aliphatic heterocycles. The topological polar surface area (TPSA) is 53.7 Å². The molecule has 0 saturated heterocycles. The van der Waals surface area contributed by atoms with Crippen LogP contribution in [-0.4, -0.2) is 34.1 Å². The minimum Gasteiger partial charge on any atom is -0.443 e. The van der Waals surface area contributed by atoms with Gasteiger partial charge in [0.25, 0.3) is 5.91 Å². The zero-order valence-electron chi connectivity index (χ0n) is 12.9. The van der Waals surface area contributed by atoms with Crippen molar-refractivity contribution in [2.75, 3.05) is 6.54 Å². The molecular formula is C17H21NO3. The molecule has 0 saturated carbocycles. The van der Waals surface area contributed by atoms with Gasteiger partial charge in [-0.1, -0.05) is 31.9 Å². The summed E-state index contributed by atoms with van der Waals surface area (Å²) >= 11 is 0.